The zero-order chi connectivity index (χ0) is 18.4. The second kappa shape index (κ2) is 6.31. The van der Waals surface area contributed by atoms with E-state index in [1.54, 1.807) is 10.5 Å². The molecule has 2 unspecified atom stereocenters. The highest BCUT2D eigenvalue weighted by Gasteiger charge is 2.41. The summed E-state index contributed by atoms with van der Waals surface area (Å²) in [5.41, 5.74) is 2.19. The predicted octanol–water partition coefficient (Wildman–Crippen LogP) is 2.76. The molecule has 3 aromatic rings. The Kier molecular flexibility index (Phi) is 4.10. The van der Waals surface area contributed by atoms with E-state index in [1.807, 2.05) is 13.0 Å². The van der Waals surface area contributed by atoms with Crippen LogP contribution in [0.5, 0.6) is 0 Å². The van der Waals surface area contributed by atoms with Crippen LogP contribution in [-0.2, 0) is 6.42 Å². The molecule has 1 aliphatic rings. The van der Waals surface area contributed by atoms with Crippen LogP contribution in [-0.4, -0.2) is 21.1 Å². The number of halogens is 1. The van der Waals surface area contributed by atoms with E-state index in [9.17, 15) is 14.3 Å². The van der Waals surface area contributed by atoms with Crippen molar-refractivity contribution in [3.63, 3.8) is 0 Å². The summed E-state index contributed by atoms with van der Waals surface area (Å²) in [6.45, 7) is 2.09. The largest absolute Gasteiger partial charge is 0.396 e. The zero-order valence-electron chi connectivity index (χ0n) is 14.1. The maximum Gasteiger partial charge on any atom is 0.258 e. The van der Waals surface area contributed by atoms with Crippen molar-refractivity contribution in [3.8, 4) is 6.07 Å². The molecule has 0 amide bonds. The number of aliphatic hydroxyl groups excluding tert-OH is 1. The number of aromatic nitrogens is 2. The minimum absolute atomic E-state index is 0.127. The first-order chi connectivity index (χ1) is 12.5. The summed E-state index contributed by atoms with van der Waals surface area (Å²) < 4.78 is 15.3. The summed E-state index contributed by atoms with van der Waals surface area (Å²) in [7, 11) is 0. The molecule has 0 spiro atoms. The Bertz CT molecular complexity index is 1110. The number of benzene rings is 1. The molecule has 1 N–H and O–H groups in total. The van der Waals surface area contributed by atoms with Gasteiger partial charge in [0.25, 0.3) is 5.56 Å². The molecule has 1 saturated carbocycles. The minimum atomic E-state index is -0.477. The molecule has 0 saturated heterocycles. The summed E-state index contributed by atoms with van der Waals surface area (Å²) in [5, 5.41) is 18.3. The second-order valence-electron chi connectivity index (χ2n) is 6.67. The van der Waals surface area contributed by atoms with Gasteiger partial charge in [-0.2, -0.15) is 5.26 Å². The van der Waals surface area contributed by atoms with Crippen molar-refractivity contribution < 1.29 is 9.50 Å². The molecule has 132 valence electrons. The highest BCUT2D eigenvalue weighted by atomic mass is 32.1. The van der Waals surface area contributed by atoms with E-state index in [2.05, 4.69) is 4.98 Å². The predicted molar refractivity (Wildman–Crippen MR) is 95.9 cm³/mol. The minimum Gasteiger partial charge on any atom is -0.396 e. The van der Waals surface area contributed by atoms with Crippen LogP contribution >= 0.6 is 11.3 Å². The van der Waals surface area contributed by atoms with Crippen LogP contribution in [0.3, 0.4) is 0 Å². The molecule has 2 heterocycles. The molecule has 5 nitrogen and oxygen atoms in total. The van der Waals surface area contributed by atoms with E-state index in [0.29, 0.717) is 16.2 Å². The van der Waals surface area contributed by atoms with Crippen molar-refractivity contribution in [1.82, 2.24) is 9.38 Å². The standard InChI is InChI=1S/C19H16FN3O2S/c1-10-18(16-6-13(16)9-24)23-17(25)7-15(22-19(23)26-10)5-11-2-12(8-21)4-14(20)3-11/h2-4,7,13,16,24H,5-6,9H2,1H3. The molecule has 1 aromatic carbocycles. The number of rotatable bonds is 4. The fourth-order valence-electron chi connectivity index (χ4n) is 3.47. The summed E-state index contributed by atoms with van der Waals surface area (Å²) in [6, 6.07) is 7.53. The molecule has 2 aromatic heterocycles. The van der Waals surface area contributed by atoms with E-state index in [0.717, 1.165) is 17.0 Å². The van der Waals surface area contributed by atoms with Gasteiger partial charge in [-0.15, -0.1) is 11.3 Å². The van der Waals surface area contributed by atoms with Gasteiger partial charge in [-0.3, -0.25) is 9.20 Å². The Balaban J connectivity index is 1.74. The molecule has 4 rings (SSSR count). The van der Waals surface area contributed by atoms with Gasteiger partial charge in [0.05, 0.1) is 17.3 Å². The topological polar surface area (TPSA) is 78.4 Å². The molecule has 1 aliphatic carbocycles. The van der Waals surface area contributed by atoms with Crippen molar-refractivity contribution in [2.45, 2.75) is 25.7 Å². The number of nitrogens with zero attached hydrogens (tertiary/aromatic N) is 3. The van der Waals surface area contributed by atoms with Crippen LogP contribution < -0.4 is 5.56 Å². The average Bonchev–Trinajstić information content (AvgIpc) is 3.29. The van der Waals surface area contributed by atoms with Crippen molar-refractivity contribution in [1.29, 1.82) is 5.26 Å². The first-order valence-corrected chi connectivity index (χ1v) is 9.14. The SMILES string of the molecule is Cc1sc2nc(Cc3cc(F)cc(C#N)c3)cc(=O)n2c1C1CC1CO. The van der Waals surface area contributed by atoms with Gasteiger partial charge in [0.1, 0.15) is 5.82 Å². The van der Waals surface area contributed by atoms with Crippen LogP contribution in [0, 0.1) is 30.0 Å². The third-order valence-corrected chi connectivity index (χ3v) is 5.74. The second-order valence-corrected chi connectivity index (χ2v) is 7.85. The molecular formula is C19H16FN3O2S. The number of aliphatic hydroxyl groups is 1. The number of thiazole rings is 1. The van der Waals surface area contributed by atoms with E-state index < -0.39 is 5.82 Å². The third-order valence-electron chi connectivity index (χ3n) is 4.77. The lowest BCUT2D eigenvalue weighted by Crippen LogP contribution is -2.17. The summed E-state index contributed by atoms with van der Waals surface area (Å²) in [6.07, 6.45) is 1.17. The van der Waals surface area contributed by atoms with Crippen LogP contribution in [0.15, 0.2) is 29.1 Å². The fourth-order valence-corrected chi connectivity index (χ4v) is 4.53. The smallest absolute Gasteiger partial charge is 0.258 e. The number of hydrogen-bond acceptors (Lipinski definition) is 5. The van der Waals surface area contributed by atoms with Gasteiger partial charge in [0.2, 0.25) is 0 Å². The number of hydrogen-bond donors (Lipinski definition) is 1. The van der Waals surface area contributed by atoms with Gasteiger partial charge in [0.15, 0.2) is 4.96 Å². The molecule has 1 fully saturated rings. The van der Waals surface area contributed by atoms with Crippen LogP contribution in [0.1, 0.15) is 39.7 Å². The van der Waals surface area contributed by atoms with Gasteiger partial charge in [-0.25, -0.2) is 9.37 Å². The summed E-state index contributed by atoms with van der Waals surface area (Å²) in [5.74, 6) is -0.0508. The fraction of sp³-hybridized carbons (Fsp3) is 0.316. The normalized spacial score (nSPS) is 18.8. The maximum atomic E-state index is 13.6. The highest BCUT2D eigenvalue weighted by Crippen LogP contribution is 2.49. The van der Waals surface area contributed by atoms with Crippen LogP contribution in [0.25, 0.3) is 4.96 Å². The number of nitriles is 1. The number of aryl methyl sites for hydroxylation is 1. The molecular weight excluding hydrogens is 353 g/mol. The first-order valence-electron chi connectivity index (χ1n) is 8.32. The molecule has 2 atom stereocenters. The van der Waals surface area contributed by atoms with Crippen LogP contribution in [0.2, 0.25) is 0 Å². The zero-order valence-corrected chi connectivity index (χ0v) is 14.9. The molecule has 0 aliphatic heterocycles. The van der Waals surface area contributed by atoms with E-state index >= 15 is 0 Å². The van der Waals surface area contributed by atoms with Gasteiger partial charge in [0, 0.05) is 35.6 Å². The third kappa shape index (κ3) is 2.91. The monoisotopic (exact) mass is 369 g/mol. The number of fused-ring (bicyclic) bond motifs is 1. The lowest BCUT2D eigenvalue weighted by molar-refractivity contribution is 0.273. The van der Waals surface area contributed by atoms with Crippen molar-refractivity contribution in [2.75, 3.05) is 6.61 Å². The molecule has 26 heavy (non-hydrogen) atoms. The Morgan fingerprint density at radius 3 is 2.92 bits per heavy atom. The Morgan fingerprint density at radius 2 is 2.23 bits per heavy atom. The summed E-state index contributed by atoms with van der Waals surface area (Å²) >= 11 is 1.45. The average molecular weight is 369 g/mol. The lowest BCUT2D eigenvalue weighted by Gasteiger charge is -2.05. The quantitative estimate of drug-likeness (QED) is 0.767. The highest BCUT2D eigenvalue weighted by molar-refractivity contribution is 7.17. The molecule has 0 radical (unpaired) electrons. The van der Waals surface area contributed by atoms with E-state index in [4.69, 9.17) is 5.26 Å². The van der Waals surface area contributed by atoms with E-state index in [1.165, 1.54) is 29.5 Å². The van der Waals surface area contributed by atoms with Gasteiger partial charge >= 0.3 is 0 Å². The summed E-state index contributed by atoms with van der Waals surface area (Å²) in [4.78, 5) is 18.9. The molecule has 0 bridgehead atoms. The van der Waals surface area contributed by atoms with Crippen molar-refractivity contribution in [3.05, 3.63) is 67.8 Å². The Labute approximate surface area is 153 Å². The van der Waals surface area contributed by atoms with Gasteiger partial charge < -0.3 is 5.11 Å². The maximum absolute atomic E-state index is 13.6. The van der Waals surface area contributed by atoms with Gasteiger partial charge in [-0.05, 0) is 43.0 Å². The van der Waals surface area contributed by atoms with Crippen LogP contribution in [0.4, 0.5) is 4.39 Å². The Hall–Kier alpha value is -2.56. The lowest BCUT2D eigenvalue weighted by atomic mass is 10.1. The van der Waals surface area contributed by atoms with E-state index in [-0.39, 0.29) is 36.0 Å². The van der Waals surface area contributed by atoms with Crippen molar-refractivity contribution in [2.24, 2.45) is 5.92 Å². The molecule has 7 heteroatoms. The van der Waals surface area contributed by atoms with Gasteiger partial charge in [-0.1, -0.05) is 0 Å². The first kappa shape index (κ1) is 16.9. The Morgan fingerprint density at radius 1 is 1.42 bits per heavy atom. The van der Waals surface area contributed by atoms with Crippen molar-refractivity contribution >= 4 is 16.3 Å².